The molecule has 0 aromatic heterocycles. The molecule has 0 radical (unpaired) electrons. The van der Waals surface area contributed by atoms with E-state index in [1.807, 2.05) is 0 Å². The molecule has 0 aliphatic rings. The second kappa shape index (κ2) is 18.6. The lowest BCUT2D eigenvalue weighted by molar-refractivity contribution is -0.142. The van der Waals surface area contributed by atoms with Crippen LogP contribution in [0.5, 0.6) is 0 Å². The molecule has 144 valence electrons. The Hall–Kier alpha value is -0.760. The van der Waals surface area contributed by atoms with E-state index in [0.717, 1.165) is 19.4 Å². The highest BCUT2D eigenvalue weighted by molar-refractivity contribution is 6.75. The van der Waals surface area contributed by atoms with Crippen LogP contribution in [0.2, 0.25) is 0 Å². The minimum Gasteiger partial charge on any atom is -0.478 e. The maximum absolute atomic E-state index is 10.3. The van der Waals surface area contributed by atoms with Gasteiger partial charge in [-0.3, -0.25) is 9.59 Å². The highest BCUT2D eigenvalue weighted by Crippen LogP contribution is 2.25. The Labute approximate surface area is 157 Å². The maximum Gasteiger partial charge on any atom is 0.356 e. The first kappa shape index (κ1) is 28.1. The van der Waals surface area contributed by atoms with Crippen molar-refractivity contribution < 1.29 is 33.7 Å². The highest BCUT2D eigenvalue weighted by Gasteiger charge is 2.29. The molecule has 0 aliphatic carbocycles. The lowest BCUT2D eigenvalue weighted by Crippen LogP contribution is -2.16. The van der Waals surface area contributed by atoms with E-state index >= 15 is 0 Å². The smallest absolute Gasteiger partial charge is 0.356 e. The fraction of sp³-hybridized carbons (Fsp3) is 0.786. The summed E-state index contributed by atoms with van der Waals surface area (Å²) in [6.45, 7) is 8.80. The average Bonchev–Trinajstić information content (AvgIpc) is 2.42. The molecule has 0 spiro atoms. The fourth-order valence-electron chi connectivity index (χ4n) is 0.796. The summed E-state index contributed by atoms with van der Waals surface area (Å²) < 4.78 is 12.0. The van der Waals surface area contributed by atoms with Crippen LogP contribution in [0.1, 0.15) is 40.5 Å². The van der Waals surface area contributed by atoms with E-state index in [9.17, 15) is 14.4 Å². The minimum atomic E-state index is -2.17. The molecule has 0 aliphatic heterocycles. The van der Waals surface area contributed by atoms with E-state index in [0.29, 0.717) is 19.8 Å². The number of carbonyl (C=O) groups is 3. The van der Waals surface area contributed by atoms with Gasteiger partial charge in [-0.15, -0.1) is 0 Å². The maximum atomic E-state index is 10.3. The zero-order chi connectivity index (χ0) is 19.6. The van der Waals surface area contributed by atoms with Crippen molar-refractivity contribution in [2.75, 3.05) is 26.4 Å². The summed E-state index contributed by atoms with van der Waals surface area (Å²) in [6, 6.07) is 0. The van der Waals surface area contributed by atoms with Crippen LogP contribution >= 0.6 is 34.8 Å². The van der Waals surface area contributed by atoms with Crippen LogP contribution in [0.15, 0.2) is 0 Å². The van der Waals surface area contributed by atoms with Gasteiger partial charge in [0.1, 0.15) is 6.61 Å². The average molecular weight is 412 g/mol. The van der Waals surface area contributed by atoms with Crippen molar-refractivity contribution in [1.82, 2.24) is 0 Å². The van der Waals surface area contributed by atoms with Crippen LogP contribution in [-0.4, -0.2) is 53.2 Å². The third-order valence-electron chi connectivity index (χ3n) is 1.77. The van der Waals surface area contributed by atoms with Crippen LogP contribution in [0, 0.1) is 0 Å². The highest BCUT2D eigenvalue weighted by atomic mass is 35.6. The second-order valence-electron chi connectivity index (χ2n) is 4.03. The quantitative estimate of drug-likeness (QED) is 0.389. The minimum absolute atomic E-state index is 0.211. The summed E-state index contributed by atoms with van der Waals surface area (Å²) in [4.78, 5) is 29.7. The normalized spacial score (nSPS) is 9.62. The van der Waals surface area contributed by atoms with Crippen molar-refractivity contribution in [3.63, 3.8) is 0 Å². The molecule has 0 bridgehead atoms. The standard InChI is InChI=1S/C8H16O3.C4H8O2.C2HCl3O2/c1-3-4-5-10-6-7-11-8(2)9;1-3-6-4(2)5;3-2(4,5)1(6)7/h3-7H2,1-2H3;3H2,1-2H3;(H,6,7). The lowest BCUT2D eigenvalue weighted by atomic mass is 10.4. The molecule has 0 saturated heterocycles. The topological polar surface area (TPSA) is 99.1 Å². The molecule has 0 unspecified atom stereocenters. The summed E-state index contributed by atoms with van der Waals surface area (Å²) >= 11 is 14.4. The van der Waals surface area contributed by atoms with Crippen molar-refractivity contribution >= 4 is 52.7 Å². The van der Waals surface area contributed by atoms with E-state index in [4.69, 9.17) is 44.6 Å². The van der Waals surface area contributed by atoms with Gasteiger partial charge in [-0.2, -0.15) is 0 Å². The van der Waals surface area contributed by atoms with Gasteiger partial charge in [0.05, 0.1) is 13.2 Å². The second-order valence-corrected chi connectivity index (χ2v) is 6.31. The summed E-state index contributed by atoms with van der Waals surface area (Å²) in [5.74, 6) is -1.92. The van der Waals surface area contributed by atoms with E-state index in [-0.39, 0.29) is 11.9 Å². The number of alkyl halides is 3. The van der Waals surface area contributed by atoms with Crippen molar-refractivity contribution in [2.24, 2.45) is 0 Å². The molecule has 0 atom stereocenters. The van der Waals surface area contributed by atoms with Gasteiger partial charge in [0.25, 0.3) is 3.79 Å². The first-order valence-electron chi connectivity index (χ1n) is 7.13. The summed E-state index contributed by atoms with van der Waals surface area (Å²) in [5, 5.41) is 7.85. The monoisotopic (exact) mass is 410 g/mol. The van der Waals surface area contributed by atoms with E-state index in [1.165, 1.54) is 13.8 Å². The SMILES string of the molecule is CCCCOCCOC(C)=O.CCOC(C)=O.O=C(O)C(Cl)(Cl)Cl. The zero-order valence-corrected chi connectivity index (χ0v) is 16.5. The molecular weight excluding hydrogens is 387 g/mol. The summed E-state index contributed by atoms with van der Waals surface area (Å²) in [7, 11) is 0. The number of rotatable bonds is 7. The summed E-state index contributed by atoms with van der Waals surface area (Å²) in [5.41, 5.74) is 0. The molecule has 0 saturated carbocycles. The predicted octanol–water partition coefficient (Wildman–Crippen LogP) is 3.38. The molecule has 24 heavy (non-hydrogen) atoms. The van der Waals surface area contributed by atoms with Gasteiger partial charge >= 0.3 is 17.9 Å². The number of ether oxygens (including phenoxy) is 3. The number of carboxylic acids is 1. The molecule has 0 aromatic carbocycles. The number of unbranched alkanes of at least 4 members (excludes halogenated alkanes) is 1. The molecule has 0 rings (SSSR count). The van der Waals surface area contributed by atoms with Gasteiger partial charge in [-0.05, 0) is 13.3 Å². The Bertz CT molecular complexity index is 344. The summed E-state index contributed by atoms with van der Waals surface area (Å²) in [6.07, 6.45) is 2.20. The number of carbonyl (C=O) groups excluding carboxylic acids is 2. The third-order valence-corrected chi connectivity index (χ3v) is 2.25. The van der Waals surface area contributed by atoms with E-state index in [1.54, 1.807) is 6.92 Å². The largest absolute Gasteiger partial charge is 0.478 e. The van der Waals surface area contributed by atoms with Crippen molar-refractivity contribution in [3.8, 4) is 0 Å². The van der Waals surface area contributed by atoms with Crippen LogP contribution in [0.4, 0.5) is 0 Å². The van der Waals surface area contributed by atoms with Gasteiger partial charge < -0.3 is 19.3 Å². The van der Waals surface area contributed by atoms with Gasteiger partial charge in [-0.25, -0.2) is 4.79 Å². The van der Waals surface area contributed by atoms with Gasteiger partial charge in [0.2, 0.25) is 0 Å². The number of hydrogen-bond donors (Lipinski definition) is 1. The number of carboxylic acid groups (broad SMARTS) is 1. The molecular formula is C14H25Cl3O7. The van der Waals surface area contributed by atoms with E-state index in [2.05, 4.69) is 16.4 Å². The van der Waals surface area contributed by atoms with Gasteiger partial charge in [0, 0.05) is 20.5 Å². The Morgan fingerprint density at radius 2 is 1.38 bits per heavy atom. The third kappa shape index (κ3) is 33.0. The molecule has 0 heterocycles. The van der Waals surface area contributed by atoms with Crippen LogP contribution in [0.25, 0.3) is 0 Å². The number of hydrogen-bond acceptors (Lipinski definition) is 6. The Balaban J connectivity index is -0.000000294. The van der Waals surface area contributed by atoms with Crippen molar-refractivity contribution in [3.05, 3.63) is 0 Å². The fourth-order valence-corrected chi connectivity index (χ4v) is 0.796. The number of esters is 2. The Morgan fingerprint density at radius 1 is 0.917 bits per heavy atom. The van der Waals surface area contributed by atoms with E-state index < -0.39 is 9.76 Å². The zero-order valence-electron chi connectivity index (χ0n) is 14.3. The van der Waals surface area contributed by atoms with Crippen molar-refractivity contribution in [1.29, 1.82) is 0 Å². The van der Waals surface area contributed by atoms with Crippen LogP contribution < -0.4 is 0 Å². The first-order valence-corrected chi connectivity index (χ1v) is 8.26. The van der Waals surface area contributed by atoms with Crippen molar-refractivity contribution in [2.45, 2.75) is 44.3 Å². The predicted molar refractivity (Wildman–Crippen MR) is 92.6 cm³/mol. The molecule has 0 aromatic rings. The number of halogens is 3. The van der Waals surface area contributed by atoms with Gasteiger partial charge in [-0.1, -0.05) is 48.1 Å². The number of aliphatic carboxylic acids is 1. The lowest BCUT2D eigenvalue weighted by Gasteiger charge is -2.02. The Kier molecular flexibility index (Phi) is 21.7. The molecule has 1 N–H and O–H groups in total. The first-order chi connectivity index (χ1) is 11.0. The molecule has 0 amide bonds. The molecule has 7 nitrogen and oxygen atoms in total. The Morgan fingerprint density at radius 3 is 1.62 bits per heavy atom. The van der Waals surface area contributed by atoms with Gasteiger partial charge in [0.15, 0.2) is 0 Å². The van der Waals surface area contributed by atoms with Crippen LogP contribution in [-0.2, 0) is 28.6 Å². The molecule has 10 heteroatoms. The molecule has 0 fully saturated rings. The van der Waals surface area contributed by atoms with Crippen LogP contribution in [0.3, 0.4) is 0 Å².